The van der Waals surface area contributed by atoms with Crippen LogP contribution in [0, 0.1) is 12.7 Å². The summed E-state index contributed by atoms with van der Waals surface area (Å²) >= 11 is 0. The predicted molar refractivity (Wildman–Crippen MR) is 95.3 cm³/mol. The van der Waals surface area contributed by atoms with Gasteiger partial charge in [-0.2, -0.15) is 0 Å². The molecule has 0 saturated heterocycles. The summed E-state index contributed by atoms with van der Waals surface area (Å²) in [5.74, 6) is -1.89. The molecule has 1 heterocycles. The van der Waals surface area contributed by atoms with E-state index in [9.17, 15) is 19.1 Å². The van der Waals surface area contributed by atoms with Crippen molar-refractivity contribution < 1.29 is 14.3 Å². The van der Waals surface area contributed by atoms with E-state index in [-0.39, 0.29) is 23.0 Å². The number of aryl methyl sites for hydroxylation is 1. The molecule has 0 saturated carbocycles. The lowest BCUT2D eigenvalue weighted by atomic mass is 10.1. The van der Waals surface area contributed by atoms with Gasteiger partial charge in [0.05, 0.1) is 5.52 Å². The van der Waals surface area contributed by atoms with Gasteiger partial charge in [-0.05, 0) is 24.6 Å². The number of halogens is 1. The zero-order chi connectivity index (χ0) is 18.0. The van der Waals surface area contributed by atoms with Gasteiger partial charge in [0.15, 0.2) is 0 Å². The summed E-state index contributed by atoms with van der Waals surface area (Å²) in [4.78, 5) is 23.5. The molecule has 0 aliphatic carbocycles. The number of hydrogen-bond donors (Lipinski definition) is 1. The Balaban J connectivity index is 2.05. The number of allylic oxidation sites excluding steroid dienone is 1. The lowest BCUT2D eigenvalue weighted by Gasteiger charge is -2.11. The van der Waals surface area contributed by atoms with Crippen molar-refractivity contribution in [2.75, 3.05) is 0 Å². The highest BCUT2D eigenvalue weighted by atomic mass is 19.1. The highest BCUT2D eigenvalue weighted by Gasteiger charge is 2.16. The number of aromatic carboxylic acids is 1. The smallest absolute Gasteiger partial charge is 0.341 e. The second kappa shape index (κ2) is 6.73. The third-order valence-corrected chi connectivity index (χ3v) is 3.97. The van der Waals surface area contributed by atoms with E-state index in [1.54, 1.807) is 6.08 Å². The molecular formula is C20H16FNO3. The first-order valence-electron chi connectivity index (χ1n) is 7.75. The van der Waals surface area contributed by atoms with Gasteiger partial charge in [-0.3, -0.25) is 4.79 Å². The maximum absolute atomic E-state index is 14.2. The molecule has 5 heteroatoms. The SMILES string of the molecule is Cc1ccc(/C=C/Cn2cc(C(=O)O)c(=O)c3cccc(F)c32)cc1. The van der Waals surface area contributed by atoms with Crippen molar-refractivity contribution in [2.24, 2.45) is 0 Å². The fraction of sp³-hybridized carbons (Fsp3) is 0.100. The number of aromatic nitrogens is 1. The van der Waals surface area contributed by atoms with Crippen LogP contribution >= 0.6 is 0 Å². The largest absolute Gasteiger partial charge is 0.477 e. The molecule has 0 radical (unpaired) electrons. The Bertz CT molecular complexity index is 1030. The molecule has 0 spiro atoms. The number of benzene rings is 2. The van der Waals surface area contributed by atoms with Gasteiger partial charge in [0.2, 0.25) is 5.43 Å². The van der Waals surface area contributed by atoms with E-state index >= 15 is 0 Å². The average Bonchev–Trinajstić information content (AvgIpc) is 2.58. The molecule has 1 N–H and O–H groups in total. The van der Waals surface area contributed by atoms with Gasteiger partial charge >= 0.3 is 5.97 Å². The Morgan fingerprint density at radius 2 is 1.92 bits per heavy atom. The van der Waals surface area contributed by atoms with E-state index in [2.05, 4.69) is 0 Å². The van der Waals surface area contributed by atoms with Crippen LogP contribution in [0.2, 0.25) is 0 Å². The van der Waals surface area contributed by atoms with E-state index in [0.29, 0.717) is 0 Å². The van der Waals surface area contributed by atoms with E-state index < -0.39 is 17.2 Å². The fourth-order valence-corrected chi connectivity index (χ4v) is 2.69. The van der Waals surface area contributed by atoms with E-state index in [1.165, 1.54) is 29.0 Å². The lowest BCUT2D eigenvalue weighted by molar-refractivity contribution is 0.0695. The molecule has 4 nitrogen and oxygen atoms in total. The standard InChI is InChI=1S/C20H16FNO3/c1-13-7-9-14(10-8-13)4-3-11-22-12-16(20(24)25)19(23)15-5-2-6-17(21)18(15)22/h2-10,12H,11H2,1H3,(H,24,25)/b4-3+. The van der Waals surface area contributed by atoms with Crippen LogP contribution in [-0.2, 0) is 6.54 Å². The minimum absolute atomic E-state index is 0.0589. The topological polar surface area (TPSA) is 59.3 Å². The molecular weight excluding hydrogens is 321 g/mol. The molecule has 0 atom stereocenters. The molecule has 126 valence electrons. The Hall–Kier alpha value is -3.21. The van der Waals surface area contributed by atoms with E-state index in [4.69, 9.17) is 0 Å². The Labute approximate surface area is 143 Å². The van der Waals surface area contributed by atoms with E-state index in [0.717, 1.165) is 11.1 Å². The average molecular weight is 337 g/mol. The van der Waals surface area contributed by atoms with Crippen molar-refractivity contribution in [3.63, 3.8) is 0 Å². The maximum atomic E-state index is 14.2. The highest BCUT2D eigenvalue weighted by molar-refractivity contribution is 5.92. The third-order valence-electron chi connectivity index (χ3n) is 3.97. The quantitative estimate of drug-likeness (QED) is 0.786. The van der Waals surface area contributed by atoms with Crippen LogP contribution in [0.3, 0.4) is 0 Å². The Kier molecular flexibility index (Phi) is 4.48. The highest BCUT2D eigenvalue weighted by Crippen LogP contribution is 2.16. The van der Waals surface area contributed by atoms with Crippen LogP contribution in [0.15, 0.2) is 59.5 Å². The molecule has 0 fully saturated rings. The Morgan fingerprint density at radius 1 is 1.20 bits per heavy atom. The summed E-state index contributed by atoms with van der Waals surface area (Å²) in [7, 11) is 0. The number of nitrogens with zero attached hydrogens (tertiary/aromatic N) is 1. The molecule has 0 bridgehead atoms. The number of carboxylic acid groups (broad SMARTS) is 1. The van der Waals surface area contributed by atoms with Crippen LogP contribution in [-0.4, -0.2) is 15.6 Å². The second-order valence-corrected chi connectivity index (χ2v) is 5.78. The van der Waals surface area contributed by atoms with Gasteiger partial charge in [0, 0.05) is 18.1 Å². The molecule has 2 aromatic carbocycles. The molecule has 0 aliphatic rings. The summed E-state index contributed by atoms with van der Waals surface area (Å²) < 4.78 is 15.7. The number of pyridine rings is 1. The van der Waals surface area contributed by atoms with Crippen molar-refractivity contribution in [2.45, 2.75) is 13.5 Å². The summed E-state index contributed by atoms with van der Waals surface area (Å²) in [6, 6.07) is 12.0. The van der Waals surface area contributed by atoms with Crippen LogP contribution < -0.4 is 5.43 Å². The minimum Gasteiger partial charge on any atom is -0.477 e. The van der Waals surface area contributed by atoms with Crippen molar-refractivity contribution in [1.82, 2.24) is 4.57 Å². The van der Waals surface area contributed by atoms with Crippen molar-refractivity contribution >= 4 is 22.9 Å². The first-order valence-corrected chi connectivity index (χ1v) is 7.75. The summed E-state index contributed by atoms with van der Waals surface area (Å²) in [5.41, 5.74) is 1.18. The minimum atomic E-state index is -1.33. The van der Waals surface area contributed by atoms with E-state index in [1.807, 2.05) is 37.3 Å². The van der Waals surface area contributed by atoms with Crippen LogP contribution in [0.25, 0.3) is 17.0 Å². The van der Waals surface area contributed by atoms with Gasteiger partial charge in [0.1, 0.15) is 11.4 Å². The van der Waals surface area contributed by atoms with Gasteiger partial charge in [-0.15, -0.1) is 0 Å². The molecule has 0 aliphatic heterocycles. The van der Waals surface area contributed by atoms with Crippen LogP contribution in [0.5, 0.6) is 0 Å². The third kappa shape index (κ3) is 3.35. The number of para-hydroxylation sites is 1. The van der Waals surface area contributed by atoms with Crippen LogP contribution in [0.4, 0.5) is 4.39 Å². The number of hydrogen-bond acceptors (Lipinski definition) is 2. The zero-order valence-corrected chi connectivity index (χ0v) is 13.6. The van der Waals surface area contributed by atoms with Gasteiger partial charge in [-0.1, -0.05) is 48.0 Å². The maximum Gasteiger partial charge on any atom is 0.341 e. The van der Waals surface area contributed by atoms with Gasteiger partial charge in [-0.25, -0.2) is 9.18 Å². The molecule has 0 amide bonds. The molecule has 0 unspecified atom stereocenters. The number of fused-ring (bicyclic) bond motifs is 1. The number of rotatable bonds is 4. The molecule has 3 aromatic rings. The first-order chi connectivity index (χ1) is 12.0. The Morgan fingerprint density at radius 3 is 2.60 bits per heavy atom. The molecule has 3 rings (SSSR count). The predicted octanol–water partition coefficient (Wildman–Crippen LogP) is 3.86. The molecule has 25 heavy (non-hydrogen) atoms. The first kappa shape index (κ1) is 16.6. The van der Waals surface area contributed by atoms with Crippen molar-refractivity contribution in [3.8, 4) is 0 Å². The monoisotopic (exact) mass is 337 g/mol. The summed E-state index contributed by atoms with van der Waals surface area (Å²) in [6.07, 6.45) is 4.85. The van der Waals surface area contributed by atoms with Crippen molar-refractivity contribution in [3.05, 3.63) is 87.5 Å². The van der Waals surface area contributed by atoms with Crippen molar-refractivity contribution in [1.29, 1.82) is 0 Å². The zero-order valence-electron chi connectivity index (χ0n) is 13.6. The fourth-order valence-electron chi connectivity index (χ4n) is 2.69. The van der Waals surface area contributed by atoms with Gasteiger partial charge < -0.3 is 9.67 Å². The van der Waals surface area contributed by atoms with Gasteiger partial charge in [0.25, 0.3) is 0 Å². The summed E-state index contributed by atoms with van der Waals surface area (Å²) in [5, 5.41) is 9.28. The lowest BCUT2D eigenvalue weighted by Crippen LogP contribution is -2.19. The summed E-state index contributed by atoms with van der Waals surface area (Å²) in [6.45, 7) is 2.24. The molecule has 1 aromatic heterocycles. The number of carbonyl (C=O) groups is 1. The number of carboxylic acids is 1. The normalized spacial score (nSPS) is 11.3. The van der Waals surface area contributed by atoms with Crippen LogP contribution in [0.1, 0.15) is 21.5 Å². The second-order valence-electron chi connectivity index (χ2n) is 5.78.